The predicted molar refractivity (Wildman–Crippen MR) is 74.6 cm³/mol. The molecule has 0 spiro atoms. The van der Waals surface area contributed by atoms with E-state index in [0.717, 1.165) is 12.8 Å². The molecular weight excluding hydrogens is 290 g/mol. The number of alkyl halides is 1. The summed E-state index contributed by atoms with van der Waals surface area (Å²) in [6, 6.07) is -0.666. The summed E-state index contributed by atoms with van der Waals surface area (Å²) in [4.78, 5) is 11.9. The van der Waals surface area contributed by atoms with Crippen molar-refractivity contribution in [2.75, 3.05) is 24.8 Å². The van der Waals surface area contributed by atoms with Crippen molar-refractivity contribution >= 4 is 27.6 Å². The Bertz CT molecular complexity index is 399. The van der Waals surface area contributed by atoms with Gasteiger partial charge in [0.2, 0.25) is 10.0 Å². The van der Waals surface area contributed by atoms with Gasteiger partial charge >= 0.3 is 5.97 Å². The van der Waals surface area contributed by atoms with E-state index in [4.69, 9.17) is 16.3 Å². The summed E-state index contributed by atoms with van der Waals surface area (Å²) in [7, 11) is -3.46. The minimum Gasteiger partial charge on any atom is -0.465 e. The lowest BCUT2D eigenvalue weighted by Crippen LogP contribution is -2.50. The van der Waals surface area contributed by atoms with Crippen molar-refractivity contribution in [2.24, 2.45) is 5.92 Å². The number of carbonyl (C=O) groups is 1. The number of carbonyl (C=O) groups excluding carboxylic acids is 1. The molecule has 5 nitrogen and oxygen atoms in total. The first-order valence-electron chi connectivity index (χ1n) is 6.64. The fraction of sp³-hybridized carbons (Fsp3) is 0.917. The highest BCUT2D eigenvalue weighted by Crippen LogP contribution is 2.23. The maximum Gasteiger partial charge on any atom is 0.324 e. The van der Waals surface area contributed by atoms with E-state index in [2.05, 4.69) is 0 Å². The summed E-state index contributed by atoms with van der Waals surface area (Å²) in [5, 5.41) is 0. The minimum absolute atomic E-state index is 0.0214. The highest BCUT2D eigenvalue weighted by Gasteiger charge is 2.37. The summed E-state index contributed by atoms with van der Waals surface area (Å²) in [6.07, 6.45) is 2.16. The molecule has 0 amide bonds. The topological polar surface area (TPSA) is 63.7 Å². The average Bonchev–Trinajstić information content (AvgIpc) is 2.38. The number of hydrogen-bond acceptors (Lipinski definition) is 4. The minimum atomic E-state index is -3.46. The van der Waals surface area contributed by atoms with Gasteiger partial charge in [0.05, 0.1) is 12.4 Å². The largest absolute Gasteiger partial charge is 0.465 e. The highest BCUT2D eigenvalue weighted by molar-refractivity contribution is 7.89. The number of nitrogens with zero attached hydrogens (tertiary/aromatic N) is 1. The lowest BCUT2D eigenvalue weighted by molar-refractivity contribution is -0.148. The van der Waals surface area contributed by atoms with Gasteiger partial charge in [-0.3, -0.25) is 4.79 Å². The Morgan fingerprint density at radius 1 is 1.47 bits per heavy atom. The molecule has 0 radical (unpaired) electrons. The molecule has 0 saturated carbocycles. The zero-order valence-electron chi connectivity index (χ0n) is 11.5. The van der Waals surface area contributed by atoms with Crippen LogP contribution in [0.3, 0.4) is 0 Å². The third-order valence-corrected chi connectivity index (χ3v) is 5.80. The third-order valence-electron chi connectivity index (χ3n) is 3.13. The zero-order valence-corrected chi connectivity index (χ0v) is 13.0. The van der Waals surface area contributed by atoms with Gasteiger partial charge in [0.15, 0.2) is 0 Å². The van der Waals surface area contributed by atoms with Crippen LogP contribution in [-0.4, -0.2) is 49.5 Å². The van der Waals surface area contributed by atoms with Gasteiger partial charge in [0, 0.05) is 12.4 Å². The zero-order chi connectivity index (χ0) is 14.5. The van der Waals surface area contributed by atoms with Crippen molar-refractivity contribution in [3.05, 3.63) is 0 Å². The normalized spacial score (nSPS) is 23.0. The molecule has 0 bridgehead atoms. The number of esters is 1. The van der Waals surface area contributed by atoms with Gasteiger partial charge in [-0.25, -0.2) is 8.42 Å². The summed E-state index contributed by atoms with van der Waals surface area (Å²) in [5.41, 5.74) is 0. The molecule has 0 aromatic heterocycles. The SMILES string of the molecule is CCOC(=O)C1CCCCN1S(=O)(=O)CC(C)CCl. The molecule has 2 unspecified atom stereocenters. The number of rotatable bonds is 6. The van der Waals surface area contributed by atoms with Gasteiger partial charge < -0.3 is 4.74 Å². The van der Waals surface area contributed by atoms with Gasteiger partial charge in [-0.15, -0.1) is 11.6 Å². The monoisotopic (exact) mass is 311 g/mol. The maximum absolute atomic E-state index is 12.3. The van der Waals surface area contributed by atoms with E-state index in [0.29, 0.717) is 13.0 Å². The Balaban J connectivity index is 2.84. The quantitative estimate of drug-likeness (QED) is 0.552. The molecule has 19 heavy (non-hydrogen) atoms. The second-order valence-electron chi connectivity index (χ2n) is 4.91. The van der Waals surface area contributed by atoms with Crippen LogP contribution in [-0.2, 0) is 19.6 Å². The first kappa shape index (κ1) is 16.7. The molecule has 2 atom stereocenters. The van der Waals surface area contributed by atoms with Gasteiger partial charge in [-0.1, -0.05) is 6.92 Å². The second-order valence-corrected chi connectivity index (χ2v) is 7.19. The molecule has 1 rings (SSSR count). The molecule has 112 valence electrons. The Labute approximate surface area is 120 Å². The lowest BCUT2D eigenvalue weighted by Gasteiger charge is -2.33. The Morgan fingerprint density at radius 3 is 2.74 bits per heavy atom. The molecule has 0 aromatic rings. The van der Waals surface area contributed by atoms with Crippen molar-refractivity contribution in [1.29, 1.82) is 0 Å². The molecule has 1 heterocycles. The van der Waals surface area contributed by atoms with E-state index in [1.165, 1.54) is 4.31 Å². The molecule has 7 heteroatoms. The maximum atomic E-state index is 12.3. The van der Waals surface area contributed by atoms with E-state index in [1.54, 1.807) is 13.8 Å². The van der Waals surface area contributed by atoms with Gasteiger partial charge in [-0.05, 0) is 32.1 Å². The third kappa shape index (κ3) is 4.61. The molecule has 1 aliphatic heterocycles. The standard InChI is InChI=1S/C12H22ClNO4S/c1-3-18-12(15)11-6-4-5-7-14(11)19(16,17)9-10(2)8-13/h10-11H,3-9H2,1-2H3. The van der Waals surface area contributed by atoms with Crippen LogP contribution in [0.5, 0.6) is 0 Å². The van der Waals surface area contributed by atoms with Crippen LogP contribution in [0.1, 0.15) is 33.1 Å². The van der Waals surface area contributed by atoms with Gasteiger partial charge in [-0.2, -0.15) is 4.31 Å². The Morgan fingerprint density at radius 2 is 2.16 bits per heavy atom. The fourth-order valence-corrected chi connectivity index (χ4v) is 4.47. The molecular formula is C12H22ClNO4S. The van der Waals surface area contributed by atoms with E-state index < -0.39 is 22.0 Å². The van der Waals surface area contributed by atoms with E-state index in [9.17, 15) is 13.2 Å². The Kier molecular flexibility index (Phi) is 6.56. The van der Waals surface area contributed by atoms with Crippen molar-refractivity contribution in [3.8, 4) is 0 Å². The van der Waals surface area contributed by atoms with Crippen LogP contribution in [0.4, 0.5) is 0 Å². The predicted octanol–water partition coefficient (Wildman–Crippen LogP) is 1.61. The summed E-state index contributed by atoms with van der Waals surface area (Å²) >= 11 is 5.67. The van der Waals surface area contributed by atoms with Crippen molar-refractivity contribution < 1.29 is 17.9 Å². The highest BCUT2D eigenvalue weighted by atomic mass is 35.5. The first-order chi connectivity index (χ1) is 8.92. The molecule has 0 aliphatic carbocycles. The van der Waals surface area contributed by atoms with Crippen molar-refractivity contribution in [2.45, 2.75) is 39.2 Å². The summed E-state index contributed by atoms with van der Waals surface area (Å²) < 4.78 is 30.9. The first-order valence-corrected chi connectivity index (χ1v) is 8.78. The molecule has 0 aromatic carbocycles. The van der Waals surface area contributed by atoms with Gasteiger partial charge in [0.25, 0.3) is 0 Å². The number of hydrogen-bond donors (Lipinski definition) is 0. The van der Waals surface area contributed by atoms with E-state index in [-0.39, 0.29) is 24.2 Å². The number of ether oxygens (including phenoxy) is 1. The van der Waals surface area contributed by atoms with E-state index in [1.807, 2.05) is 0 Å². The summed E-state index contributed by atoms with van der Waals surface area (Å²) in [5.74, 6) is -0.301. The molecule has 0 N–H and O–H groups in total. The van der Waals surface area contributed by atoms with Crippen LogP contribution in [0.15, 0.2) is 0 Å². The average molecular weight is 312 g/mol. The van der Waals surface area contributed by atoms with Crippen LogP contribution in [0.2, 0.25) is 0 Å². The number of sulfonamides is 1. The molecule has 1 saturated heterocycles. The fourth-order valence-electron chi connectivity index (χ4n) is 2.21. The second kappa shape index (κ2) is 7.45. The summed E-state index contributed by atoms with van der Waals surface area (Å²) in [6.45, 7) is 4.16. The van der Waals surface area contributed by atoms with Gasteiger partial charge in [0.1, 0.15) is 6.04 Å². The lowest BCUT2D eigenvalue weighted by atomic mass is 10.1. The van der Waals surface area contributed by atoms with Crippen LogP contribution >= 0.6 is 11.6 Å². The smallest absolute Gasteiger partial charge is 0.324 e. The van der Waals surface area contributed by atoms with Crippen LogP contribution in [0, 0.1) is 5.92 Å². The van der Waals surface area contributed by atoms with Crippen LogP contribution in [0.25, 0.3) is 0 Å². The molecule has 1 aliphatic rings. The molecule has 1 fully saturated rings. The van der Waals surface area contributed by atoms with Crippen LogP contribution < -0.4 is 0 Å². The van der Waals surface area contributed by atoms with E-state index >= 15 is 0 Å². The number of halogens is 1. The van der Waals surface area contributed by atoms with Crippen molar-refractivity contribution in [1.82, 2.24) is 4.31 Å². The Hall–Kier alpha value is -0.330. The van der Waals surface area contributed by atoms with Crippen molar-refractivity contribution in [3.63, 3.8) is 0 Å². The number of piperidine rings is 1.